The number of aromatic nitrogens is 4. The quantitative estimate of drug-likeness (QED) is 0.329. The molecular formula is C16H26N8O5. The Morgan fingerprint density at radius 1 is 1.31 bits per heavy atom. The van der Waals surface area contributed by atoms with E-state index in [1.165, 1.54) is 4.90 Å². The fourth-order valence-electron chi connectivity index (χ4n) is 3.09. The van der Waals surface area contributed by atoms with E-state index in [-0.39, 0.29) is 24.9 Å². The number of nitrogens with zero attached hydrogens (tertiary/aromatic N) is 4. The van der Waals surface area contributed by atoms with Crippen LogP contribution in [0.3, 0.4) is 0 Å². The maximum absolute atomic E-state index is 12.5. The lowest BCUT2D eigenvalue weighted by Gasteiger charge is -2.25. The van der Waals surface area contributed by atoms with E-state index in [1.807, 2.05) is 6.92 Å². The Hall–Kier alpha value is -3.25. The second kappa shape index (κ2) is 10.3. The molecule has 160 valence electrons. The minimum atomic E-state index is -1.31. The first kappa shape index (κ1) is 22.0. The Morgan fingerprint density at radius 2 is 2.07 bits per heavy atom. The molecule has 0 aromatic carbocycles. The van der Waals surface area contributed by atoms with E-state index in [0.29, 0.717) is 31.6 Å². The molecule has 0 aliphatic carbocycles. The first-order valence-electron chi connectivity index (χ1n) is 9.40. The maximum Gasteiger partial charge on any atom is 0.405 e. The monoisotopic (exact) mass is 410 g/mol. The van der Waals surface area contributed by atoms with Crippen molar-refractivity contribution in [1.29, 1.82) is 0 Å². The lowest BCUT2D eigenvalue weighted by molar-refractivity contribution is -0.139. The first-order valence-corrected chi connectivity index (χ1v) is 9.40. The van der Waals surface area contributed by atoms with E-state index in [1.54, 1.807) is 6.92 Å². The molecule has 5 N–H and O–H groups in total. The molecule has 1 aliphatic heterocycles. The van der Waals surface area contributed by atoms with E-state index in [4.69, 9.17) is 5.11 Å². The van der Waals surface area contributed by atoms with Crippen LogP contribution < -0.4 is 16.0 Å². The van der Waals surface area contributed by atoms with Crippen LogP contribution >= 0.6 is 0 Å². The van der Waals surface area contributed by atoms with E-state index in [9.17, 15) is 19.2 Å². The molecule has 13 nitrogen and oxygen atoms in total. The topological polar surface area (TPSA) is 182 Å². The molecule has 0 spiro atoms. The average Bonchev–Trinajstić information content (AvgIpc) is 3.39. The molecule has 0 bridgehead atoms. The van der Waals surface area contributed by atoms with Gasteiger partial charge in [-0.25, -0.2) is 4.79 Å². The van der Waals surface area contributed by atoms with Crippen LogP contribution in [-0.2, 0) is 20.9 Å². The van der Waals surface area contributed by atoms with Gasteiger partial charge in [-0.15, -0.1) is 10.2 Å². The van der Waals surface area contributed by atoms with Crippen molar-refractivity contribution in [2.75, 3.05) is 13.1 Å². The highest BCUT2D eigenvalue weighted by Gasteiger charge is 2.34. The van der Waals surface area contributed by atoms with Crippen LogP contribution in [0.25, 0.3) is 0 Å². The van der Waals surface area contributed by atoms with Crippen molar-refractivity contribution >= 4 is 23.8 Å². The fourth-order valence-corrected chi connectivity index (χ4v) is 3.09. The molecule has 1 saturated heterocycles. The average molecular weight is 410 g/mol. The molecule has 0 radical (unpaired) electrons. The zero-order chi connectivity index (χ0) is 21.4. The summed E-state index contributed by atoms with van der Waals surface area (Å²) in [5.74, 6) is -1.24. The Morgan fingerprint density at radius 3 is 2.69 bits per heavy atom. The molecule has 0 saturated carbocycles. The van der Waals surface area contributed by atoms with Crippen molar-refractivity contribution in [3.05, 3.63) is 5.82 Å². The van der Waals surface area contributed by atoms with Crippen LogP contribution in [0.5, 0.6) is 0 Å². The number of carboxylic acid groups (broad SMARTS) is 1. The number of amides is 4. The maximum atomic E-state index is 12.5. The van der Waals surface area contributed by atoms with Gasteiger partial charge < -0.3 is 26.0 Å². The van der Waals surface area contributed by atoms with Gasteiger partial charge in [-0.05, 0) is 18.8 Å². The summed E-state index contributed by atoms with van der Waals surface area (Å²) in [5, 5.41) is 29.4. The van der Waals surface area contributed by atoms with Crippen LogP contribution in [-0.4, -0.2) is 79.6 Å². The minimum absolute atomic E-state index is 0.0854. The van der Waals surface area contributed by atoms with E-state index in [0.717, 1.165) is 0 Å². The number of carbonyl (C=O) groups is 4. The Bertz CT molecular complexity index is 725. The summed E-state index contributed by atoms with van der Waals surface area (Å²) in [7, 11) is 0. The molecule has 1 fully saturated rings. The number of hydrogen-bond acceptors (Lipinski definition) is 7. The van der Waals surface area contributed by atoms with Crippen molar-refractivity contribution in [2.45, 2.75) is 51.7 Å². The summed E-state index contributed by atoms with van der Waals surface area (Å²) in [6, 6.07) is -1.60. The number of H-pyrrole nitrogens is 1. The molecule has 4 amide bonds. The van der Waals surface area contributed by atoms with Crippen molar-refractivity contribution in [2.24, 2.45) is 5.92 Å². The number of tetrazole rings is 1. The Balaban J connectivity index is 1.88. The molecule has 13 heteroatoms. The Kier molecular flexibility index (Phi) is 7.86. The van der Waals surface area contributed by atoms with Gasteiger partial charge in [0.2, 0.25) is 17.7 Å². The fraction of sp³-hybridized carbons (Fsp3) is 0.688. The second-order valence-corrected chi connectivity index (χ2v) is 6.82. The highest BCUT2D eigenvalue weighted by Crippen LogP contribution is 2.17. The molecule has 2 heterocycles. The Labute approximate surface area is 167 Å². The number of likely N-dealkylation sites (tertiary alicyclic amines) is 1. The summed E-state index contributed by atoms with van der Waals surface area (Å²) < 4.78 is 0. The summed E-state index contributed by atoms with van der Waals surface area (Å²) in [5.41, 5.74) is 0. The minimum Gasteiger partial charge on any atom is -0.465 e. The number of nitrogens with one attached hydrogen (secondary N) is 4. The first-order chi connectivity index (χ1) is 13.8. The molecule has 1 aliphatic rings. The zero-order valence-corrected chi connectivity index (χ0v) is 16.3. The van der Waals surface area contributed by atoms with E-state index in [2.05, 4.69) is 36.6 Å². The highest BCUT2D eigenvalue weighted by atomic mass is 16.4. The van der Waals surface area contributed by atoms with Gasteiger partial charge in [0, 0.05) is 6.54 Å². The van der Waals surface area contributed by atoms with Crippen molar-refractivity contribution in [3.63, 3.8) is 0 Å². The molecular weight excluding hydrogens is 384 g/mol. The van der Waals surface area contributed by atoms with Crippen LogP contribution in [0.4, 0.5) is 4.79 Å². The lowest BCUT2D eigenvalue weighted by atomic mass is 9.98. The third-order valence-corrected chi connectivity index (χ3v) is 4.87. The SMILES string of the molecule is CC[C@H](C)[C@H](NC(=O)O)C(=O)NCC(=O)N1CCCC1C(=O)NCc1nn[nH]n1. The number of aromatic amines is 1. The third kappa shape index (κ3) is 6.12. The standard InChI is InChI=1S/C16H26N8O5/c1-3-9(2)13(19-16(28)29)15(27)18-8-12(25)24-6-4-5-10(24)14(26)17-7-11-20-22-23-21-11/h9-10,13,19H,3-8H2,1-2H3,(H,17,26)(H,18,27)(H,28,29)(H,20,21,22,23)/t9-,10?,13-/m0/s1. The van der Waals surface area contributed by atoms with Gasteiger partial charge in [0.1, 0.15) is 12.1 Å². The predicted molar refractivity (Wildman–Crippen MR) is 98.2 cm³/mol. The van der Waals surface area contributed by atoms with Gasteiger partial charge in [-0.3, -0.25) is 14.4 Å². The normalized spacial score (nSPS) is 18.0. The number of rotatable bonds is 9. The molecule has 1 aromatic rings. The van der Waals surface area contributed by atoms with Crippen LogP contribution in [0.15, 0.2) is 0 Å². The smallest absolute Gasteiger partial charge is 0.405 e. The van der Waals surface area contributed by atoms with Crippen molar-refractivity contribution in [3.8, 4) is 0 Å². The van der Waals surface area contributed by atoms with Crippen LogP contribution in [0.1, 0.15) is 38.9 Å². The van der Waals surface area contributed by atoms with Crippen LogP contribution in [0, 0.1) is 5.92 Å². The molecule has 3 atom stereocenters. The number of carbonyl (C=O) groups excluding carboxylic acids is 3. The summed E-state index contributed by atoms with van der Waals surface area (Å²) in [6.45, 7) is 3.75. The predicted octanol–water partition coefficient (Wildman–Crippen LogP) is -1.39. The van der Waals surface area contributed by atoms with Gasteiger partial charge in [0.05, 0.1) is 13.1 Å². The van der Waals surface area contributed by atoms with Gasteiger partial charge in [0.15, 0.2) is 5.82 Å². The van der Waals surface area contributed by atoms with E-state index >= 15 is 0 Å². The van der Waals surface area contributed by atoms with Gasteiger partial charge in [-0.2, -0.15) is 5.21 Å². The van der Waals surface area contributed by atoms with Crippen molar-refractivity contribution in [1.82, 2.24) is 41.5 Å². The second-order valence-electron chi connectivity index (χ2n) is 6.82. The largest absolute Gasteiger partial charge is 0.465 e. The third-order valence-electron chi connectivity index (χ3n) is 4.87. The van der Waals surface area contributed by atoms with E-state index < -0.39 is 30.0 Å². The van der Waals surface area contributed by atoms with Crippen LogP contribution in [0.2, 0.25) is 0 Å². The highest BCUT2D eigenvalue weighted by molar-refractivity contribution is 5.92. The van der Waals surface area contributed by atoms with Crippen molar-refractivity contribution < 1.29 is 24.3 Å². The molecule has 1 unspecified atom stereocenters. The lowest BCUT2D eigenvalue weighted by Crippen LogP contribution is -2.53. The molecule has 1 aromatic heterocycles. The zero-order valence-electron chi connectivity index (χ0n) is 16.3. The van der Waals surface area contributed by atoms with Gasteiger partial charge in [-0.1, -0.05) is 25.5 Å². The molecule has 2 rings (SSSR count). The summed E-state index contributed by atoms with van der Waals surface area (Å²) in [4.78, 5) is 49.6. The van der Waals surface area contributed by atoms with Gasteiger partial charge in [0.25, 0.3) is 0 Å². The summed E-state index contributed by atoms with van der Waals surface area (Å²) >= 11 is 0. The van der Waals surface area contributed by atoms with Gasteiger partial charge >= 0.3 is 6.09 Å². The summed E-state index contributed by atoms with van der Waals surface area (Å²) in [6.07, 6.45) is 0.444. The molecule has 29 heavy (non-hydrogen) atoms. The number of hydrogen-bond donors (Lipinski definition) is 5.